The zero-order valence-corrected chi connectivity index (χ0v) is 20.0. The Labute approximate surface area is 193 Å². The van der Waals surface area contributed by atoms with Gasteiger partial charge in [-0.1, -0.05) is 43.1 Å². The first-order valence-corrected chi connectivity index (χ1v) is 11.2. The Hall–Kier alpha value is -2.70. The van der Waals surface area contributed by atoms with Crippen LogP contribution in [0.4, 0.5) is 0 Å². The molecule has 0 fully saturated rings. The Morgan fingerprint density at radius 1 is 1.16 bits per heavy atom. The lowest BCUT2D eigenvalue weighted by Crippen LogP contribution is -2.39. The van der Waals surface area contributed by atoms with Gasteiger partial charge in [0, 0.05) is 25.1 Å². The second-order valence-corrected chi connectivity index (χ2v) is 8.90. The molecule has 0 radical (unpaired) electrons. The molecule has 0 aliphatic carbocycles. The van der Waals surface area contributed by atoms with Crippen molar-refractivity contribution < 1.29 is 9.53 Å². The molecule has 0 bridgehead atoms. The normalized spacial score (nSPS) is 12.3. The van der Waals surface area contributed by atoms with Gasteiger partial charge in [-0.15, -0.1) is 0 Å². The number of aromatic nitrogens is 2. The van der Waals surface area contributed by atoms with Crippen LogP contribution < -0.4 is 5.56 Å². The van der Waals surface area contributed by atoms with Crippen LogP contribution >= 0.6 is 11.6 Å². The third-order valence-electron chi connectivity index (χ3n) is 5.43. The highest BCUT2D eigenvalue weighted by Gasteiger charge is 2.27. The third kappa shape index (κ3) is 5.19. The smallest absolute Gasteiger partial charge is 0.266 e. The number of methoxy groups -OCH3 is 1. The van der Waals surface area contributed by atoms with E-state index in [9.17, 15) is 9.59 Å². The molecule has 6 nitrogen and oxygen atoms in total. The van der Waals surface area contributed by atoms with E-state index in [2.05, 4.69) is 0 Å². The summed E-state index contributed by atoms with van der Waals surface area (Å²) in [5.41, 5.74) is 2.11. The molecule has 1 amide bonds. The number of aryl methyl sites for hydroxylation is 1. The molecule has 3 rings (SSSR count). The maximum atomic E-state index is 13.6. The number of carbonyl (C=O) groups excluding carboxylic acids is 1. The molecule has 170 valence electrons. The van der Waals surface area contributed by atoms with Crippen LogP contribution in [0.15, 0.2) is 47.3 Å². The fourth-order valence-electron chi connectivity index (χ4n) is 3.73. The molecular formula is C25H30ClN3O3. The van der Waals surface area contributed by atoms with Gasteiger partial charge in [0.05, 0.1) is 29.2 Å². The summed E-state index contributed by atoms with van der Waals surface area (Å²) in [6.07, 6.45) is 0.405. The van der Waals surface area contributed by atoms with Gasteiger partial charge in [0.15, 0.2) is 0 Å². The molecule has 0 saturated heterocycles. The fraction of sp³-hybridized carbons (Fsp3) is 0.400. The summed E-state index contributed by atoms with van der Waals surface area (Å²) < 4.78 is 6.85. The van der Waals surface area contributed by atoms with Crippen LogP contribution in [-0.2, 0) is 9.53 Å². The lowest BCUT2D eigenvalue weighted by atomic mass is 10.1. The zero-order chi connectivity index (χ0) is 23.4. The Bertz CT molecular complexity index is 1160. The molecule has 7 heteroatoms. The number of fused-ring (bicyclic) bond motifs is 1. The standard InChI is InChI=1S/C25H30ClN3O3/c1-16(2)14-23(30)28(12-13-32-5)18(4)24-27-22-15-19(26)8-11-21(22)25(31)29(24)20-9-6-17(3)7-10-20/h6-11,15-16,18H,12-14H2,1-5H3. The van der Waals surface area contributed by atoms with Crippen molar-refractivity contribution in [3.05, 3.63) is 69.2 Å². The van der Waals surface area contributed by atoms with Gasteiger partial charge in [-0.2, -0.15) is 0 Å². The first-order valence-electron chi connectivity index (χ1n) is 10.8. The van der Waals surface area contributed by atoms with E-state index < -0.39 is 6.04 Å². The third-order valence-corrected chi connectivity index (χ3v) is 5.67. The minimum Gasteiger partial charge on any atom is -0.383 e. The molecule has 0 N–H and O–H groups in total. The number of amides is 1. The number of nitrogens with zero attached hydrogens (tertiary/aromatic N) is 3. The molecule has 0 spiro atoms. The van der Waals surface area contributed by atoms with Crippen LogP contribution in [0.5, 0.6) is 0 Å². The highest BCUT2D eigenvalue weighted by atomic mass is 35.5. The number of rotatable bonds is 8. The topological polar surface area (TPSA) is 64.4 Å². The van der Waals surface area contributed by atoms with Gasteiger partial charge in [0.2, 0.25) is 5.91 Å². The predicted octanol–water partition coefficient (Wildman–Crippen LogP) is 4.93. The summed E-state index contributed by atoms with van der Waals surface area (Å²) in [6, 6.07) is 12.3. The van der Waals surface area contributed by atoms with Gasteiger partial charge >= 0.3 is 0 Å². The number of ether oxygens (including phenoxy) is 1. The first-order chi connectivity index (χ1) is 15.2. The van der Waals surface area contributed by atoms with E-state index in [0.29, 0.717) is 47.0 Å². The summed E-state index contributed by atoms with van der Waals surface area (Å²) in [7, 11) is 1.61. The van der Waals surface area contributed by atoms with Crippen LogP contribution in [0.3, 0.4) is 0 Å². The van der Waals surface area contributed by atoms with E-state index >= 15 is 0 Å². The largest absolute Gasteiger partial charge is 0.383 e. The van der Waals surface area contributed by atoms with E-state index in [0.717, 1.165) is 5.56 Å². The Morgan fingerprint density at radius 2 is 1.84 bits per heavy atom. The minimum atomic E-state index is -0.450. The fourth-order valence-corrected chi connectivity index (χ4v) is 3.90. The molecule has 32 heavy (non-hydrogen) atoms. The van der Waals surface area contributed by atoms with Crippen molar-refractivity contribution in [3.8, 4) is 5.69 Å². The van der Waals surface area contributed by atoms with E-state index in [4.69, 9.17) is 21.3 Å². The SMILES string of the molecule is COCCN(C(=O)CC(C)C)C(C)c1nc2cc(Cl)ccc2c(=O)n1-c1ccc(C)cc1. The molecule has 1 atom stereocenters. The quantitative estimate of drug-likeness (QED) is 0.483. The summed E-state index contributed by atoms with van der Waals surface area (Å²) in [6.45, 7) is 8.71. The average Bonchev–Trinajstić information content (AvgIpc) is 2.74. The van der Waals surface area contributed by atoms with Crippen molar-refractivity contribution in [2.45, 2.75) is 40.2 Å². The number of hydrogen-bond donors (Lipinski definition) is 0. The number of carbonyl (C=O) groups is 1. The van der Waals surface area contributed by atoms with Gasteiger partial charge < -0.3 is 9.64 Å². The lowest BCUT2D eigenvalue weighted by molar-refractivity contribution is -0.135. The van der Waals surface area contributed by atoms with Crippen molar-refractivity contribution in [1.82, 2.24) is 14.5 Å². The highest BCUT2D eigenvalue weighted by Crippen LogP contribution is 2.25. The van der Waals surface area contributed by atoms with Gasteiger partial charge in [-0.25, -0.2) is 4.98 Å². The molecule has 1 aromatic heterocycles. The summed E-state index contributed by atoms with van der Waals surface area (Å²) in [5, 5.41) is 0.978. The first kappa shape index (κ1) is 24.0. The minimum absolute atomic E-state index is 0.000413. The van der Waals surface area contributed by atoms with Crippen molar-refractivity contribution in [2.24, 2.45) is 5.92 Å². The maximum absolute atomic E-state index is 13.6. The molecule has 3 aromatic rings. The van der Waals surface area contributed by atoms with Crippen LogP contribution in [0, 0.1) is 12.8 Å². The number of hydrogen-bond acceptors (Lipinski definition) is 4. The van der Waals surface area contributed by atoms with E-state index in [1.807, 2.05) is 52.0 Å². The summed E-state index contributed by atoms with van der Waals surface area (Å²) in [5.74, 6) is 0.699. The van der Waals surface area contributed by atoms with Crippen molar-refractivity contribution >= 4 is 28.4 Å². The Balaban J connectivity index is 2.23. The number of halogens is 1. The van der Waals surface area contributed by atoms with Gasteiger partial charge in [0.1, 0.15) is 5.82 Å². The van der Waals surface area contributed by atoms with E-state index in [1.54, 1.807) is 34.8 Å². The lowest BCUT2D eigenvalue weighted by Gasteiger charge is -2.31. The van der Waals surface area contributed by atoms with Crippen LogP contribution in [0.25, 0.3) is 16.6 Å². The Morgan fingerprint density at radius 3 is 2.47 bits per heavy atom. The van der Waals surface area contributed by atoms with Crippen molar-refractivity contribution in [3.63, 3.8) is 0 Å². The average molecular weight is 456 g/mol. The molecule has 0 aliphatic rings. The summed E-state index contributed by atoms with van der Waals surface area (Å²) >= 11 is 6.19. The molecule has 0 aliphatic heterocycles. The monoisotopic (exact) mass is 455 g/mol. The number of benzene rings is 2. The van der Waals surface area contributed by atoms with Crippen LogP contribution in [0.2, 0.25) is 5.02 Å². The van der Waals surface area contributed by atoms with Gasteiger partial charge in [0.25, 0.3) is 5.56 Å². The second kappa shape index (κ2) is 10.3. The predicted molar refractivity (Wildman–Crippen MR) is 129 cm³/mol. The van der Waals surface area contributed by atoms with Crippen LogP contribution in [-0.4, -0.2) is 40.6 Å². The molecular weight excluding hydrogens is 426 g/mol. The highest BCUT2D eigenvalue weighted by molar-refractivity contribution is 6.31. The second-order valence-electron chi connectivity index (χ2n) is 8.46. The maximum Gasteiger partial charge on any atom is 0.266 e. The van der Waals surface area contributed by atoms with Crippen LogP contribution in [0.1, 0.15) is 44.6 Å². The van der Waals surface area contributed by atoms with Crippen molar-refractivity contribution in [2.75, 3.05) is 20.3 Å². The molecule has 0 saturated carbocycles. The van der Waals surface area contributed by atoms with Crippen molar-refractivity contribution in [1.29, 1.82) is 0 Å². The van der Waals surface area contributed by atoms with E-state index in [-0.39, 0.29) is 17.4 Å². The van der Waals surface area contributed by atoms with E-state index in [1.165, 1.54) is 0 Å². The molecule has 1 unspecified atom stereocenters. The Kier molecular flexibility index (Phi) is 7.69. The molecule has 1 heterocycles. The zero-order valence-electron chi connectivity index (χ0n) is 19.3. The van der Waals surface area contributed by atoms with Gasteiger partial charge in [-0.05, 0) is 50.1 Å². The molecule has 2 aromatic carbocycles. The summed E-state index contributed by atoms with van der Waals surface area (Å²) in [4.78, 5) is 33.3. The van der Waals surface area contributed by atoms with Gasteiger partial charge in [-0.3, -0.25) is 14.2 Å².